The molecule has 0 saturated carbocycles. The first-order valence-electron chi connectivity index (χ1n) is 6.21. The second kappa shape index (κ2) is 4.61. The average Bonchev–Trinajstić information content (AvgIpc) is 2.65. The van der Waals surface area contributed by atoms with Crippen LogP contribution in [0.2, 0.25) is 0 Å². The van der Waals surface area contributed by atoms with Crippen molar-refractivity contribution in [3.05, 3.63) is 30.0 Å². The SMILES string of the molecule is COC(=O)C(C)(C)Cc1cc2ccc(O)cc2n1C. The highest BCUT2D eigenvalue weighted by Crippen LogP contribution is 2.28. The highest BCUT2D eigenvalue weighted by atomic mass is 16.5. The lowest BCUT2D eigenvalue weighted by atomic mass is 9.88. The first-order chi connectivity index (χ1) is 8.85. The summed E-state index contributed by atoms with van der Waals surface area (Å²) in [6.45, 7) is 3.74. The predicted octanol–water partition coefficient (Wildman–Crippen LogP) is 2.63. The molecule has 4 heteroatoms. The molecule has 1 heterocycles. The number of benzene rings is 1. The molecule has 19 heavy (non-hydrogen) atoms. The van der Waals surface area contributed by atoms with Crippen LogP contribution in [0.1, 0.15) is 19.5 Å². The number of aromatic nitrogens is 1. The van der Waals surface area contributed by atoms with Crippen LogP contribution in [-0.4, -0.2) is 22.8 Å². The molecule has 0 fully saturated rings. The molecule has 1 aromatic carbocycles. The molecule has 0 amide bonds. The third-order valence-electron chi connectivity index (χ3n) is 3.49. The van der Waals surface area contributed by atoms with E-state index in [0.717, 1.165) is 16.6 Å². The van der Waals surface area contributed by atoms with Gasteiger partial charge in [-0.25, -0.2) is 0 Å². The maximum atomic E-state index is 11.7. The Labute approximate surface area is 112 Å². The van der Waals surface area contributed by atoms with Crippen molar-refractivity contribution >= 4 is 16.9 Å². The number of hydrogen-bond acceptors (Lipinski definition) is 3. The Hall–Kier alpha value is -1.97. The molecule has 0 aliphatic carbocycles. The maximum absolute atomic E-state index is 11.7. The van der Waals surface area contributed by atoms with Crippen LogP contribution in [0, 0.1) is 5.41 Å². The van der Waals surface area contributed by atoms with E-state index in [9.17, 15) is 9.90 Å². The monoisotopic (exact) mass is 261 g/mol. The number of fused-ring (bicyclic) bond motifs is 1. The maximum Gasteiger partial charge on any atom is 0.311 e. The van der Waals surface area contributed by atoms with Gasteiger partial charge in [-0.3, -0.25) is 4.79 Å². The molecule has 2 aromatic rings. The fourth-order valence-corrected chi connectivity index (χ4v) is 2.35. The number of hydrogen-bond donors (Lipinski definition) is 1. The second-order valence-electron chi connectivity index (χ2n) is 5.49. The quantitative estimate of drug-likeness (QED) is 0.864. The van der Waals surface area contributed by atoms with Gasteiger partial charge in [0, 0.05) is 30.6 Å². The van der Waals surface area contributed by atoms with Gasteiger partial charge in [0.05, 0.1) is 18.0 Å². The average molecular weight is 261 g/mol. The zero-order valence-corrected chi connectivity index (χ0v) is 11.7. The van der Waals surface area contributed by atoms with Crippen molar-refractivity contribution in [1.29, 1.82) is 0 Å². The summed E-state index contributed by atoms with van der Waals surface area (Å²) in [6.07, 6.45) is 0.589. The van der Waals surface area contributed by atoms with Crippen LogP contribution in [0.4, 0.5) is 0 Å². The number of nitrogens with zero attached hydrogens (tertiary/aromatic N) is 1. The minimum atomic E-state index is -0.571. The molecular weight excluding hydrogens is 242 g/mol. The third-order valence-corrected chi connectivity index (χ3v) is 3.49. The van der Waals surface area contributed by atoms with Crippen LogP contribution in [0.15, 0.2) is 24.3 Å². The molecule has 2 rings (SSSR count). The summed E-state index contributed by atoms with van der Waals surface area (Å²) in [4.78, 5) is 11.7. The van der Waals surface area contributed by atoms with Crippen molar-refractivity contribution in [3.8, 4) is 5.75 Å². The number of carbonyl (C=O) groups excluding carboxylic acids is 1. The van der Waals surface area contributed by atoms with Gasteiger partial charge in [-0.15, -0.1) is 0 Å². The molecule has 1 N–H and O–H groups in total. The summed E-state index contributed by atoms with van der Waals surface area (Å²) in [5.41, 5.74) is 1.42. The highest BCUT2D eigenvalue weighted by Gasteiger charge is 2.30. The molecule has 0 saturated heterocycles. The number of phenols is 1. The summed E-state index contributed by atoms with van der Waals surface area (Å²) in [5.74, 6) is 0.0214. The Morgan fingerprint density at radius 1 is 1.37 bits per heavy atom. The molecular formula is C15H19NO3. The Bertz CT molecular complexity index is 626. The predicted molar refractivity (Wildman–Crippen MR) is 74.1 cm³/mol. The minimum Gasteiger partial charge on any atom is -0.508 e. The van der Waals surface area contributed by atoms with E-state index in [-0.39, 0.29) is 11.7 Å². The van der Waals surface area contributed by atoms with E-state index in [1.165, 1.54) is 7.11 Å². The van der Waals surface area contributed by atoms with Crippen LogP contribution in [0.25, 0.3) is 10.9 Å². The highest BCUT2D eigenvalue weighted by molar-refractivity contribution is 5.83. The molecule has 0 spiro atoms. The number of rotatable bonds is 3. The molecule has 0 atom stereocenters. The van der Waals surface area contributed by atoms with Crippen molar-refractivity contribution in [2.24, 2.45) is 12.5 Å². The topological polar surface area (TPSA) is 51.5 Å². The van der Waals surface area contributed by atoms with E-state index in [1.807, 2.05) is 37.6 Å². The summed E-state index contributed by atoms with van der Waals surface area (Å²) in [5, 5.41) is 10.6. The van der Waals surface area contributed by atoms with Crippen molar-refractivity contribution < 1.29 is 14.6 Å². The number of ether oxygens (including phenoxy) is 1. The van der Waals surface area contributed by atoms with Crippen LogP contribution in [0.5, 0.6) is 5.75 Å². The third kappa shape index (κ3) is 2.43. The van der Waals surface area contributed by atoms with Gasteiger partial charge in [-0.2, -0.15) is 0 Å². The largest absolute Gasteiger partial charge is 0.508 e. The van der Waals surface area contributed by atoms with Gasteiger partial charge < -0.3 is 14.4 Å². The molecule has 4 nitrogen and oxygen atoms in total. The Balaban J connectivity index is 2.41. The number of esters is 1. The molecule has 0 aliphatic heterocycles. The van der Waals surface area contributed by atoms with Gasteiger partial charge >= 0.3 is 5.97 Å². The smallest absolute Gasteiger partial charge is 0.311 e. The second-order valence-corrected chi connectivity index (χ2v) is 5.49. The summed E-state index contributed by atoms with van der Waals surface area (Å²) in [7, 11) is 3.34. The lowest BCUT2D eigenvalue weighted by molar-refractivity contribution is -0.150. The molecule has 0 aliphatic rings. The van der Waals surface area contributed by atoms with Gasteiger partial charge in [-0.1, -0.05) is 0 Å². The van der Waals surface area contributed by atoms with Crippen molar-refractivity contribution in [2.75, 3.05) is 7.11 Å². The molecule has 1 aromatic heterocycles. The first kappa shape index (κ1) is 13.5. The van der Waals surface area contributed by atoms with Crippen LogP contribution in [0.3, 0.4) is 0 Å². The Morgan fingerprint density at radius 3 is 2.68 bits per heavy atom. The van der Waals surface area contributed by atoms with E-state index < -0.39 is 5.41 Å². The molecule has 0 bridgehead atoms. The van der Waals surface area contributed by atoms with Gasteiger partial charge in [0.15, 0.2) is 0 Å². The number of phenolic OH excluding ortho intramolecular Hbond substituents is 1. The standard InChI is InChI=1S/C15H19NO3/c1-15(2,14(18)19-4)9-11-7-10-5-6-12(17)8-13(10)16(11)3/h5-8,17H,9H2,1-4H3. The van der Waals surface area contributed by atoms with Crippen molar-refractivity contribution in [2.45, 2.75) is 20.3 Å². The number of aryl methyl sites for hydroxylation is 1. The summed E-state index contributed by atoms with van der Waals surface area (Å²) >= 11 is 0. The fraction of sp³-hybridized carbons (Fsp3) is 0.400. The number of aromatic hydroxyl groups is 1. The molecule has 0 radical (unpaired) electrons. The van der Waals surface area contributed by atoms with E-state index >= 15 is 0 Å². The lowest BCUT2D eigenvalue weighted by Gasteiger charge is -2.21. The summed E-state index contributed by atoms with van der Waals surface area (Å²) in [6, 6.07) is 7.31. The van der Waals surface area contributed by atoms with Crippen LogP contribution < -0.4 is 0 Å². The van der Waals surface area contributed by atoms with Crippen LogP contribution in [-0.2, 0) is 23.0 Å². The molecule has 102 valence electrons. The van der Waals surface area contributed by atoms with E-state index in [4.69, 9.17) is 4.74 Å². The minimum absolute atomic E-state index is 0.222. The molecule has 0 unspecified atom stereocenters. The van der Waals surface area contributed by atoms with Gasteiger partial charge in [0.25, 0.3) is 0 Å². The fourth-order valence-electron chi connectivity index (χ4n) is 2.35. The zero-order valence-electron chi connectivity index (χ0n) is 11.7. The van der Waals surface area contributed by atoms with Crippen LogP contribution >= 0.6 is 0 Å². The number of carbonyl (C=O) groups is 1. The normalized spacial score (nSPS) is 11.8. The summed E-state index contributed by atoms with van der Waals surface area (Å²) < 4.78 is 6.83. The first-order valence-corrected chi connectivity index (χ1v) is 6.21. The van der Waals surface area contributed by atoms with Crippen molar-refractivity contribution in [3.63, 3.8) is 0 Å². The Morgan fingerprint density at radius 2 is 2.05 bits per heavy atom. The Kier molecular flexibility index (Phi) is 3.27. The lowest BCUT2D eigenvalue weighted by Crippen LogP contribution is -2.28. The number of methoxy groups -OCH3 is 1. The van der Waals surface area contributed by atoms with Gasteiger partial charge in [-0.05, 0) is 32.0 Å². The van der Waals surface area contributed by atoms with E-state index in [0.29, 0.717) is 6.42 Å². The van der Waals surface area contributed by atoms with Crippen molar-refractivity contribution in [1.82, 2.24) is 4.57 Å². The van der Waals surface area contributed by atoms with E-state index in [1.54, 1.807) is 12.1 Å². The van der Waals surface area contributed by atoms with Gasteiger partial charge in [0.1, 0.15) is 5.75 Å². The van der Waals surface area contributed by atoms with Gasteiger partial charge in [0.2, 0.25) is 0 Å². The zero-order chi connectivity index (χ0) is 14.2. The van der Waals surface area contributed by atoms with E-state index in [2.05, 4.69) is 0 Å².